The third-order valence-corrected chi connectivity index (χ3v) is 20.5. The molecular formula is C96H70I2N8. The summed E-state index contributed by atoms with van der Waals surface area (Å²) in [5, 5.41) is 13.2. The van der Waals surface area contributed by atoms with E-state index in [9.17, 15) is 0 Å². The molecule has 0 aliphatic heterocycles. The Morgan fingerprint density at radius 2 is 0.462 bits per heavy atom. The van der Waals surface area contributed by atoms with Crippen molar-refractivity contribution in [3.05, 3.63) is 404 Å². The van der Waals surface area contributed by atoms with E-state index in [1.54, 1.807) is 0 Å². The number of para-hydroxylation sites is 10. The second-order valence-electron chi connectivity index (χ2n) is 26.2. The molecule has 106 heavy (non-hydrogen) atoms. The number of fused-ring (bicyclic) bond motifs is 12. The number of nitrogens with zero attached hydrogens (tertiary/aromatic N) is 6. The van der Waals surface area contributed by atoms with Gasteiger partial charge in [-0.2, -0.15) is 0 Å². The maximum atomic E-state index is 5.59. The van der Waals surface area contributed by atoms with Crippen LogP contribution in [0, 0.1) is 3.57 Å². The van der Waals surface area contributed by atoms with Crippen LogP contribution in [0.5, 0.6) is 0 Å². The lowest BCUT2D eigenvalue weighted by Gasteiger charge is -2.28. The summed E-state index contributed by atoms with van der Waals surface area (Å²) in [6.07, 6.45) is 0. The molecule has 10 heteroatoms. The molecule has 20 aromatic rings. The first-order valence-corrected chi connectivity index (χ1v) is 36.4. The molecule has 0 fully saturated rings. The molecule has 0 spiro atoms. The maximum Gasteiger partial charge on any atom is 0.0542 e. The molecule has 0 saturated carbocycles. The van der Waals surface area contributed by atoms with Crippen molar-refractivity contribution in [3.8, 4) is 22.7 Å². The van der Waals surface area contributed by atoms with Crippen LogP contribution in [0.25, 0.3) is 110 Å². The minimum absolute atomic E-state index is 0. The molecule has 16 aromatic carbocycles. The first-order chi connectivity index (χ1) is 51.9. The van der Waals surface area contributed by atoms with Gasteiger partial charge in [-0.3, -0.25) is 0 Å². The molecule has 8 nitrogen and oxygen atoms in total. The largest absolute Gasteiger partial charge is 0.399 e. The van der Waals surface area contributed by atoms with Crippen molar-refractivity contribution in [1.29, 1.82) is 0 Å². The molecular weight excluding hydrogens is 1520 g/mol. The summed E-state index contributed by atoms with van der Waals surface area (Å²) >= 11 is 2.38. The van der Waals surface area contributed by atoms with E-state index in [0.717, 1.165) is 68.2 Å². The van der Waals surface area contributed by atoms with Crippen molar-refractivity contribution in [1.82, 2.24) is 18.3 Å². The number of nitrogens with two attached hydrogens (primary N) is 1. The van der Waals surface area contributed by atoms with Gasteiger partial charge >= 0.3 is 0 Å². The number of nitrogens with one attached hydrogen (secondary N) is 1. The van der Waals surface area contributed by atoms with Gasteiger partial charge in [0.1, 0.15) is 0 Å². The zero-order chi connectivity index (χ0) is 70.2. The van der Waals surface area contributed by atoms with E-state index >= 15 is 0 Å². The zero-order valence-electron chi connectivity index (χ0n) is 57.7. The molecule has 0 aliphatic carbocycles. The van der Waals surface area contributed by atoms with E-state index in [2.05, 4.69) is 402 Å². The molecule has 4 heterocycles. The Labute approximate surface area is 645 Å². The summed E-state index contributed by atoms with van der Waals surface area (Å²) < 4.78 is 10.7. The number of rotatable bonds is 12. The summed E-state index contributed by atoms with van der Waals surface area (Å²) in [5.74, 6) is 0. The quantitative estimate of drug-likeness (QED) is 0.0945. The number of benzene rings is 16. The monoisotopic (exact) mass is 1590 g/mol. The second kappa shape index (κ2) is 29.3. The smallest absolute Gasteiger partial charge is 0.0542 e. The molecule has 0 atom stereocenters. The predicted octanol–water partition coefficient (Wildman–Crippen LogP) is 26.9. The lowest BCUT2D eigenvalue weighted by Crippen LogP contribution is -2.12. The Balaban J connectivity index is 0.000000192. The lowest BCUT2D eigenvalue weighted by atomic mass is 10.1. The second-order valence-corrected chi connectivity index (χ2v) is 27.4. The van der Waals surface area contributed by atoms with Crippen LogP contribution in [0.1, 0.15) is 0 Å². The Bertz CT molecular complexity index is 6340. The van der Waals surface area contributed by atoms with Gasteiger partial charge in [0.25, 0.3) is 0 Å². The van der Waals surface area contributed by atoms with Crippen LogP contribution in [0.15, 0.2) is 400 Å². The van der Waals surface area contributed by atoms with E-state index in [0.29, 0.717) is 0 Å². The molecule has 3 N–H and O–H groups in total. The van der Waals surface area contributed by atoms with Crippen LogP contribution in [0.4, 0.5) is 51.2 Å². The minimum atomic E-state index is 0. The van der Waals surface area contributed by atoms with Gasteiger partial charge in [-0.1, -0.05) is 182 Å². The molecule has 0 aliphatic rings. The van der Waals surface area contributed by atoms with E-state index in [1.807, 2.05) is 54.6 Å². The lowest BCUT2D eigenvalue weighted by molar-refractivity contribution is 1.18. The molecule has 0 amide bonds. The van der Waals surface area contributed by atoms with E-state index in [-0.39, 0.29) is 24.0 Å². The molecule has 508 valence electrons. The van der Waals surface area contributed by atoms with Gasteiger partial charge in [0.2, 0.25) is 0 Å². The van der Waals surface area contributed by atoms with Crippen LogP contribution in [-0.2, 0) is 0 Å². The van der Waals surface area contributed by atoms with Crippen LogP contribution < -0.4 is 20.9 Å². The van der Waals surface area contributed by atoms with Crippen LogP contribution >= 0.6 is 46.6 Å². The van der Waals surface area contributed by atoms with Crippen molar-refractivity contribution in [2.75, 3.05) is 20.9 Å². The SMILES string of the molecule is I.Ic1ccc2c(c1)c1ccccc1n2-c1ccccc1.Nc1ccc(Nc2ccccc2)cc1.c1ccc(N(c2ccc(N(c3ccc4c(c3)c3ccccc3n4-c3ccccc3)c3ccc4c(c3)c3ccccc3n4-c3ccccc3)cc2)c2ccc3c(c2)c2ccccc2n3-c2ccccc2)cc1. The molecule has 0 radical (unpaired) electrons. The highest BCUT2D eigenvalue weighted by Crippen LogP contribution is 2.46. The number of anilines is 9. The standard InChI is InChI=1S/C66H45N5.C18H12IN.C12H12N2.HI/c1-5-19-46(20-6-1)67(52-37-40-64-58(43-52)55-27-13-16-30-61(55)69(64)47-21-7-2-8-22-47)50-33-35-51(36-34-50)68(53-38-41-65-59(44-53)56-28-14-17-31-62(56)70(65)48-23-9-3-10-24-48)54-39-42-66-60(45-54)57-29-15-18-32-63(57)71(66)49-25-11-4-12-26-49;19-13-10-11-18-16(12-13)15-8-4-5-9-17(15)20(18)14-6-2-1-3-7-14;13-10-6-8-12(9-7-10)14-11-4-2-1-3-5-11;/h1-45H;1-12H;1-9,14H,13H2;1H. The maximum absolute atomic E-state index is 5.59. The summed E-state index contributed by atoms with van der Waals surface area (Å²) in [7, 11) is 0. The summed E-state index contributed by atoms with van der Waals surface area (Å²) in [4.78, 5) is 4.79. The molecule has 20 rings (SSSR count). The fraction of sp³-hybridized carbons (Fsp3) is 0. The van der Waals surface area contributed by atoms with Crippen LogP contribution in [0.2, 0.25) is 0 Å². The van der Waals surface area contributed by atoms with Crippen molar-refractivity contribution < 1.29 is 0 Å². The predicted molar refractivity (Wildman–Crippen MR) is 468 cm³/mol. The molecule has 0 bridgehead atoms. The topological polar surface area (TPSA) is 64.2 Å². The Hall–Kier alpha value is -12.6. The van der Waals surface area contributed by atoms with E-state index in [4.69, 9.17) is 5.73 Å². The van der Waals surface area contributed by atoms with Gasteiger partial charge in [-0.05, 0) is 241 Å². The Morgan fingerprint density at radius 3 is 0.811 bits per heavy atom. The number of hydrogen-bond donors (Lipinski definition) is 2. The van der Waals surface area contributed by atoms with Crippen molar-refractivity contribution in [2.45, 2.75) is 0 Å². The highest BCUT2D eigenvalue weighted by atomic mass is 127. The van der Waals surface area contributed by atoms with Crippen molar-refractivity contribution in [3.63, 3.8) is 0 Å². The Kier molecular flexibility index (Phi) is 18.4. The highest BCUT2D eigenvalue weighted by molar-refractivity contribution is 14.1. The normalized spacial score (nSPS) is 11.2. The fourth-order valence-corrected chi connectivity index (χ4v) is 15.6. The molecule has 4 aromatic heterocycles. The third-order valence-electron chi connectivity index (χ3n) is 19.8. The average molecular weight is 1590 g/mol. The number of hydrogen-bond acceptors (Lipinski definition) is 4. The fourth-order valence-electron chi connectivity index (χ4n) is 15.1. The van der Waals surface area contributed by atoms with Crippen LogP contribution in [0.3, 0.4) is 0 Å². The first-order valence-electron chi connectivity index (χ1n) is 35.4. The third kappa shape index (κ3) is 12.6. The zero-order valence-corrected chi connectivity index (χ0v) is 62.1. The molecule has 0 unspecified atom stereocenters. The van der Waals surface area contributed by atoms with E-state index < -0.39 is 0 Å². The van der Waals surface area contributed by atoms with Crippen LogP contribution in [-0.4, -0.2) is 18.3 Å². The summed E-state index contributed by atoms with van der Waals surface area (Å²) in [6, 6.07) is 142. The molecule has 0 saturated heterocycles. The van der Waals surface area contributed by atoms with E-state index in [1.165, 1.54) is 96.5 Å². The number of halogens is 2. The Morgan fingerprint density at radius 1 is 0.217 bits per heavy atom. The number of aromatic nitrogens is 4. The van der Waals surface area contributed by atoms with Crippen molar-refractivity contribution >= 4 is 185 Å². The first kappa shape index (κ1) is 66.6. The highest BCUT2D eigenvalue weighted by Gasteiger charge is 2.23. The summed E-state index contributed by atoms with van der Waals surface area (Å²) in [5.41, 5.74) is 29.2. The minimum Gasteiger partial charge on any atom is -0.399 e. The van der Waals surface area contributed by atoms with Gasteiger partial charge < -0.3 is 39.1 Å². The van der Waals surface area contributed by atoms with Gasteiger partial charge in [0, 0.05) is 121 Å². The van der Waals surface area contributed by atoms with Gasteiger partial charge in [0.15, 0.2) is 0 Å². The van der Waals surface area contributed by atoms with Gasteiger partial charge in [-0.25, -0.2) is 0 Å². The number of nitrogen functional groups attached to an aromatic ring is 1. The van der Waals surface area contributed by atoms with Gasteiger partial charge in [0.05, 0.1) is 44.1 Å². The average Bonchev–Trinajstić information content (AvgIpc) is 1.63. The van der Waals surface area contributed by atoms with Gasteiger partial charge in [-0.15, -0.1) is 24.0 Å². The van der Waals surface area contributed by atoms with Crippen molar-refractivity contribution in [2.24, 2.45) is 0 Å². The summed E-state index contributed by atoms with van der Waals surface area (Å²) in [6.45, 7) is 0.